The smallest absolute Gasteiger partial charge is 0.0631 e. The molecule has 0 aromatic heterocycles. The quantitative estimate of drug-likeness (QED) is 0.717. The molecule has 0 spiro atoms. The highest BCUT2D eigenvalue weighted by Crippen LogP contribution is 2.63. The van der Waals surface area contributed by atoms with Crippen LogP contribution >= 0.6 is 0 Å². The molecule has 0 aromatic carbocycles. The molecule has 0 saturated heterocycles. The van der Waals surface area contributed by atoms with Crippen LogP contribution in [0.25, 0.3) is 0 Å². The van der Waals surface area contributed by atoms with Crippen molar-refractivity contribution in [2.45, 2.75) is 72.0 Å². The minimum Gasteiger partial charge on any atom is -0.393 e. The van der Waals surface area contributed by atoms with Crippen LogP contribution in [0.15, 0.2) is 24.3 Å². The second-order valence-corrected chi connectivity index (χ2v) is 9.17. The lowest BCUT2D eigenvalue weighted by Crippen LogP contribution is -2.55. The van der Waals surface area contributed by atoms with Crippen molar-refractivity contribution in [3.8, 4) is 0 Å². The molecule has 2 saturated carbocycles. The van der Waals surface area contributed by atoms with Crippen LogP contribution in [-0.4, -0.2) is 22.4 Å². The van der Waals surface area contributed by atoms with Crippen LogP contribution in [0.3, 0.4) is 0 Å². The van der Waals surface area contributed by atoms with Crippen molar-refractivity contribution in [2.24, 2.45) is 28.1 Å². The van der Waals surface area contributed by atoms with Gasteiger partial charge in [-0.25, -0.2) is 0 Å². The molecule has 2 heteroatoms. The molecule has 0 unspecified atom stereocenters. The fraction of sp³-hybridized carbons (Fsp3) is 0.800. The van der Waals surface area contributed by atoms with Gasteiger partial charge in [0, 0.05) is 0 Å². The summed E-state index contributed by atoms with van der Waals surface area (Å²) in [4.78, 5) is 0. The van der Waals surface area contributed by atoms with Crippen molar-refractivity contribution in [3.63, 3.8) is 0 Å². The molecule has 22 heavy (non-hydrogen) atoms. The van der Waals surface area contributed by atoms with Gasteiger partial charge in [0.25, 0.3) is 0 Å². The Morgan fingerprint density at radius 3 is 2.50 bits per heavy atom. The maximum absolute atomic E-state index is 10.9. The summed E-state index contributed by atoms with van der Waals surface area (Å²) in [7, 11) is 0. The Hall–Kier alpha value is -0.600. The van der Waals surface area contributed by atoms with Gasteiger partial charge in [-0.1, -0.05) is 45.4 Å². The Labute approximate surface area is 135 Å². The molecule has 124 valence electrons. The van der Waals surface area contributed by atoms with Crippen LogP contribution in [-0.2, 0) is 0 Å². The van der Waals surface area contributed by atoms with Gasteiger partial charge in [0.1, 0.15) is 0 Å². The SMILES string of the molecule is C=C[C@]1(C)CC[C@@]2(C)C3=CC[C@H](O)C(C)(C)[C@@H]3C[C@H](O)[C@@H]2C1. The monoisotopic (exact) mass is 304 g/mol. The summed E-state index contributed by atoms with van der Waals surface area (Å²) in [6.45, 7) is 13.0. The Bertz CT molecular complexity index is 506. The van der Waals surface area contributed by atoms with E-state index in [0.29, 0.717) is 11.8 Å². The van der Waals surface area contributed by atoms with Crippen molar-refractivity contribution in [1.29, 1.82) is 0 Å². The number of aliphatic hydroxyl groups excluding tert-OH is 2. The summed E-state index contributed by atoms with van der Waals surface area (Å²) in [5.74, 6) is 0.624. The molecule has 3 rings (SSSR count). The Balaban J connectivity index is 2.01. The van der Waals surface area contributed by atoms with Crippen LogP contribution in [0.5, 0.6) is 0 Å². The lowest BCUT2D eigenvalue weighted by atomic mass is 9.46. The first kappa shape index (κ1) is 16.3. The zero-order valence-electron chi connectivity index (χ0n) is 14.6. The van der Waals surface area contributed by atoms with Crippen LogP contribution in [0.4, 0.5) is 0 Å². The van der Waals surface area contributed by atoms with Crippen molar-refractivity contribution in [1.82, 2.24) is 0 Å². The zero-order chi connectivity index (χ0) is 16.3. The molecule has 0 heterocycles. The summed E-state index contributed by atoms with van der Waals surface area (Å²) in [6.07, 6.45) is 8.67. The largest absolute Gasteiger partial charge is 0.393 e. The summed E-state index contributed by atoms with van der Waals surface area (Å²) in [5.41, 5.74) is 1.62. The van der Waals surface area contributed by atoms with Crippen LogP contribution < -0.4 is 0 Å². The van der Waals surface area contributed by atoms with Gasteiger partial charge >= 0.3 is 0 Å². The van der Waals surface area contributed by atoms with E-state index in [2.05, 4.69) is 46.4 Å². The number of hydrogen-bond donors (Lipinski definition) is 2. The topological polar surface area (TPSA) is 40.5 Å². The minimum atomic E-state index is -0.296. The molecular formula is C20H32O2. The molecular weight excluding hydrogens is 272 g/mol. The predicted octanol–water partition coefficient (Wildman–Crippen LogP) is 4.08. The number of allylic oxidation sites excluding steroid dienone is 2. The number of fused-ring (bicyclic) bond motifs is 3. The number of rotatable bonds is 1. The summed E-state index contributed by atoms with van der Waals surface area (Å²) < 4.78 is 0. The third-order valence-corrected chi connectivity index (χ3v) is 7.51. The molecule has 0 bridgehead atoms. The molecule has 2 nitrogen and oxygen atoms in total. The first-order chi connectivity index (χ1) is 10.1. The van der Waals surface area contributed by atoms with Gasteiger partial charge in [-0.2, -0.15) is 0 Å². The van der Waals surface area contributed by atoms with E-state index in [1.165, 1.54) is 5.57 Å². The van der Waals surface area contributed by atoms with Gasteiger partial charge < -0.3 is 10.2 Å². The molecule has 0 aromatic rings. The molecule has 0 radical (unpaired) electrons. The molecule has 2 fully saturated rings. The summed E-state index contributed by atoms with van der Waals surface area (Å²) in [6, 6.07) is 0. The summed E-state index contributed by atoms with van der Waals surface area (Å²) in [5, 5.41) is 21.3. The van der Waals surface area contributed by atoms with Crippen molar-refractivity contribution in [3.05, 3.63) is 24.3 Å². The third-order valence-electron chi connectivity index (χ3n) is 7.51. The number of hydrogen-bond acceptors (Lipinski definition) is 2. The van der Waals surface area contributed by atoms with Crippen molar-refractivity contribution < 1.29 is 10.2 Å². The van der Waals surface area contributed by atoms with Crippen LogP contribution in [0.1, 0.15) is 59.8 Å². The maximum Gasteiger partial charge on any atom is 0.0631 e. The van der Waals surface area contributed by atoms with Crippen LogP contribution in [0.2, 0.25) is 0 Å². The molecule has 0 aliphatic heterocycles. The van der Waals surface area contributed by atoms with Gasteiger partial charge in [-0.3, -0.25) is 0 Å². The van der Waals surface area contributed by atoms with Gasteiger partial charge in [0.05, 0.1) is 12.2 Å². The lowest BCUT2D eigenvalue weighted by molar-refractivity contribution is -0.0946. The first-order valence-corrected chi connectivity index (χ1v) is 8.84. The highest BCUT2D eigenvalue weighted by molar-refractivity contribution is 5.30. The maximum atomic E-state index is 10.9. The molecule has 6 atom stereocenters. The van der Waals surface area contributed by atoms with Gasteiger partial charge in [-0.15, -0.1) is 6.58 Å². The van der Waals surface area contributed by atoms with Gasteiger partial charge in [0.2, 0.25) is 0 Å². The molecule has 3 aliphatic carbocycles. The summed E-state index contributed by atoms with van der Waals surface area (Å²) >= 11 is 0. The standard InChI is InChI=1S/C20H32O2/c1-6-19(4)9-10-20(5)13-7-8-17(22)18(2,3)14(13)11-16(21)15(20)12-19/h6-7,14-17,21-22H,1,8-12H2,2-5H3/t14-,15+,16+,17+,19-,20+/m1/s1. The molecule has 0 amide bonds. The number of aliphatic hydroxyl groups is 2. The Kier molecular flexibility index (Phi) is 3.66. The predicted molar refractivity (Wildman–Crippen MR) is 90.4 cm³/mol. The van der Waals surface area contributed by atoms with Gasteiger partial charge in [0.15, 0.2) is 0 Å². The Morgan fingerprint density at radius 2 is 1.86 bits per heavy atom. The van der Waals surface area contributed by atoms with E-state index < -0.39 is 0 Å². The van der Waals surface area contributed by atoms with E-state index in [1.54, 1.807) is 0 Å². The first-order valence-electron chi connectivity index (χ1n) is 8.84. The van der Waals surface area contributed by atoms with E-state index in [-0.39, 0.29) is 28.5 Å². The van der Waals surface area contributed by atoms with E-state index in [4.69, 9.17) is 0 Å². The minimum absolute atomic E-state index is 0.0856. The zero-order valence-corrected chi connectivity index (χ0v) is 14.6. The average Bonchev–Trinajstić information content (AvgIpc) is 2.46. The van der Waals surface area contributed by atoms with E-state index in [0.717, 1.165) is 32.1 Å². The Morgan fingerprint density at radius 1 is 1.18 bits per heavy atom. The molecule has 2 N–H and O–H groups in total. The second kappa shape index (κ2) is 4.95. The van der Waals surface area contributed by atoms with E-state index in [1.807, 2.05) is 0 Å². The average molecular weight is 304 g/mol. The fourth-order valence-corrected chi connectivity index (χ4v) is 5.45. The van der Waals surface area contributed by atoms with Gasteiger partial charge in [-0.05, 0) is 60.2 Å². The van der Waals surface area contributed by atoms with Crippen molar-refractivity contribution in [2.75, 3.05) is 0 Å². The highest BCUT2D eigenvalue weighted by atomic mass is 16.3. The van der Waals surface area contributed by atoms with Crippen molar-refractivity contribution >= 4 is 0 Å². The molecule has 3 aliphatic rings. The van der Waals surface area contributed by atoms with Crippen LogP contribution in [0, 0.1) is 28.1 Å². The third kappa shape index (κ3) is 2.14. The normalized spacial score (nSPS) is 50.5. The highest BCUT2D eigenvalue weighted by Gasteiger charge is 2.57. The van der Waals surface area contributed by atoms with E-state index in [9.17, 15) is 10.2 Å². The van der Waals surface area contributed by atoms with E-state index >= 15 is 0 Å². The lowest BCUT2D eigenvalue weighted by Gasteiger charge is -2.60. The fourth-order valence-electron chi connectivity index (χ4n) is 5.45. The second-order valence-electron chi connectivity index (χ2n) is 9.17.